The average Bonchev–Trinajstić information content (AvgIpc) is 2.38. The SMILES string of the molecule is CCc1c[c]cc(Cc2cc(C)c(O)c(C)c2)c1O. The molecule has 0 bridgehead atoms. The van der Waals surface area contributed by atoms with Crippen LogP contribution in [0.4, 0.5) is 0 Å². The van der Waals surface area contributed by atoms with E-state index in [-0.39, 0.29) is 0 Å². The molecule has 0 amide bonds. The minimum Gasteiger partial charge on any atom is -0.507 e. The highest BCUT2D eigenvalue weighted by atomic mass is 16.3. The maximum Gasteiger partial charge on any atom is 0.122 e. The van der Waals surface area contributed by atoms with Gasteiger partial charge in [-0.25, -0.2) is 0 Å². The summed E-state index contributed by atoms with van der Waals surface area (Å²) in [6, 6.07) is 10.6. The minimum atomic E-state index is 0.349. The van der Waals surface area contributed by atoms with Crippen molar-refractivity contribution in [2.45, 2.75) is 33.6 Å². The van der Waals surface area contributed by atoms with E-state index >= 15 is 0 Å². The van der Waals surface area contributed by atoms with Crippen LogP contribution in [0.1, 0.15) is 34.7 Å². The fourth-order valence-electron chi connectivity index (χ4n) is 2.36. The second kappa shape index (κ2) is 5.35. The fourth-order valence-corrected chi connectivity index (χ4v) is 2.36. The molecule has 0 unspecified atom stereocenters. The van der Waals surface area contributed by atoms with Gasteiger partial charge in [-0.15, -0.1) is 0 Å². The van der Waals surface area contributed by atoms with E-state index in [1.807, 2.05) is 45.0 Å². The van der Waals surface area contributed by atoms with Crippen molar-refractivity contribution in [3.05, 3.63) is 58.1 Å². The molecule has 0 aromatic heterocycles. The Morgan fingerprint density at radius 2 is 1.53 bits per heavy atom. The fraction of sp³-hybridized carbons (Fsp3) is 0.294. The summed E-state index contributed by atoms with van der Waals surface area (Å²) in [7, 11) is 0. The first-order valence-electron chi connectivity index (χ1n) is 6.52. The monoisotopic (exact) mass is 255 g/mol. The zero-order valence-electron chi connectivity index (χ0n) is 11.6. The summed E-state index contributed by atoms with van der Waals surface area (Å²) in [5.41, 5.74) is 4.62. The van der Waals surface area contributed by atoms with Gasteiger partial charge in [0.25, 0.3) is 0 Å². The Morgan fingerprint density at radius 3 is 2.11 bits per heavy atom. The van der Waals surface area contributed by atoms with E-state index in [4.69, 9.17) is 0 Å². The molecule has 0 aliphatic heterocycles. The Hall–Kier alpha value is -1.96. The lowest BCUT2D eigenvalue weighted by atomic mass is 9.97. The third kappa shape index (κ3) is 2.73. The molecule has 0 saturated heterocycles. The van der Waals surface area contributed by atoms with Gasteiger partial charge < -0.3 is 10.2 Å². The number of hydrogen-bond acceptors (Lipinski definition) is 2. The van der Waals surface area contributed by atoms with E-state index in [9.17, 15) is 10.2 Å². The van der Waals surface area contributed by atoms with E-state index in [1.165, 1.54) is 0 Å². The first-order chi connectivity index (χ1) is 9.02. The topological polar surface area (TPSA) is 40.5 Å². The smallest absolute Gasteiger partial charge is 0.122 e. The quantitative estimate of drug-likeness (QED) is 0.878. The van der Waals surface area contributed by atoms with Gasteiger partial charge in [-0.05, 0) is 66.3 Å². The molecule has 2 N–H and O–H groups in total. The summed E-state index contributed by atoms with van der Waals surface area (Å²) in [5.74, 6) is 0.714. The Labute approximate surface area is 114 Å². The minimum absolute atomic E-state index is 0.349. The van der Waals surface area contributed by atoms with Gasteiger partial charge in [0.1, 0.15) is 11.5 Å². The Bertz CT molecular complexity index is 577. The van der Waals surface area contributed by atoms with Crippen LogP contribution in [0, 0.1) is 19.9 Å². The van der Waals surface area contributed by atoms with Crippen LogP contribution in [0.3, 0.4) is 0 Å². The first kappa shape index (κ1) is 13.5. The molecule has 2 aromatic carbocycles. The van der Waals surface area contributed by atoms with Crippen molar-refractivity contribution in [3.8, 4) is 11.5 Å². The Kier molecular flexibility index (Phi) is 3.79. The van der Waals surface area contributed by atoms with Gasteiger partial charge in [0, 0.05) is 6.42 Å². The summed E-state index contributed by atoms with van der Waals surface area (Å²) < 4.78 is 0. The Balaban J connectivity index is 2.36. The van der Waals surface area contributed by atoms with Crippen molar-refractivity contribution >= 4 is 0 Å². The van der Waals surface area contributed by atoms with Crippen LogP contribution in [0.2, 0.25) is 0 Å². The third-order valence-corrected chi connectivity index (χ3v) is 3.45. The predicted molar refractivity (Wildman–Crippen MR) is 76.7 cm³/mol. The molecule has 0 aliphatic rings. The van der Waals surface area contributed by atoms with Crippen molar-refractivity contribution in [2.75, 3.05) is 0 Å². The van der Waals surface area contributed by atoms with Gasteiger partial charge in [0.05, 0.1) is 0 Å². The van der Waals surface area contributed by atoms with E-state index in [2.05, 4.69) is 6.07 Å². The molecule has 2 nitrogen and oxygen atoms in total. The molecule has 0 heterocycles. The molecular formula is C17H19O2. The molecular weight excluding hydrogens is 236 g/mol. The largest absolute Gasteiger partial charge is 0.507 e. The number of aryl methyl sites for hydroxylation is 3. The number of phenolic OH excluding ortho intramolecular Hbond substituents is 2. The molecule has 0 saturated carbocycles. The molecule has 99 valence electrons. The van der Waals surface area contributed by atoms with Gasteiger partial charge in [-0.2, -0.15) is 0 Å². The van der Waals surface area contributed by atoms with Crippen molar-refractivity contribution in [1.29, 1.82) is 0 Å². The molecule has 2 heteroatoms. The number of hydrogen-bond donors (Lipinski definition) is 2. The van der Waals surface area contributed by atoms with E-state index in [0.29, 0.717) is 17.9 Å². The molecule has 2 aromatic rings. The average molecular weight is 255 g/mol. The van der Waals surface area contributed by atoms with E-state index in [0.717, 1.165) is 34.2 Å². The van der Waals surface area contributed by atoms with Crippen LogP contribution >= 0.6 is 0 Å². The Morgan fingerprint density at radius 1 is 0.947 bits per heavy atom. The molecule has 19 heavy (non-hydrogen) atoms. The number of aromatic hydroxyl groups is 2. The highest BCUT2D eigenvalue weighted by Crippen LogP contribution is 2.28. The molecule has 0 atom stereocenters. The van der Waals surface area contributed by atoms with Gasteiger partial charge in [-0.1, -0.05) is 19.1 Å². The highest BCUT2D eigenvalue weighted by molar-refractivity contribution is 5.46. The summed E-state index contributed by atoms with van der Waals surface area (Å²) in [6.45, 7) is 5.79. The van der Waals surface area contributed by atoms with Gasteiger partial charge in [-0.3, -0.25) is 0 Å². The van der Waals surface area contributed by atoms with Crippen LogP contribution in [0.15, 0.2) is 24.3 Å². The van der Waals surface area contributed by atoms with E-state index < -0.39 is 0 Å². The summed E-state index contributed by atoms with van der Waals surface area (Å²) >= 11 is 0. The summed E-state index contributed by atoms with van der Waals surface area (Å²) in [6.07, 6.45) is 1.45. The van der Waals surface area contributed by atoms with Gasteiger partial charge in [0.2, 0.25) is 0 Å². The molecule has 0 spiro atoms. The lowest BCUT2D eigenvalue weighted by molar-refractivity contribution is 0.462. The second-order valence-electron chi connectivity index (χ2n) is 4.96. The number of rotatable bonds is 3. The molecule has 0 aliphatic carbocycles. The normalized spacial score (nSPS) is 10.7. The van der Waals surface area contributed by atoms with Crippen LogP contribution in [0.25, 0.3) is 0 Å². The van der Waals surface area contributed by atoms with Crippen molar-refractivity contribution in [3.63, 3.8) is 0 Å². The first-order valence-corrected chi connectivity index (χ1v) is 6.52. The lowest BCUT2D eigenvalue weighted by Gasteiger charge is -2.11. The van der Waals surface area contributed by atoms with Gasteiger partial charge >= 0.3 is 0 Å². The molecule has 1 radical (unpaired) electrons. The summed E-state index contributed by atoms with van der Waals surface area (Å²) in [5, 5.41) is 20.0. The summed E-state index contributed by atoms with van der Waals surface area (Å²) in [4.78, 5) is 0. The predicted octanol–water partition coefficient (Wildman–Crippen LogP) is 3.67. The van der Waals surface area contributed by atoms with E-state index in [1.54, 1.807) is 0 Å². The van der Waals surface area contributed by atoms with Crippen molar-refractivity contribution < 1.29 is 10.2 Å². The van der Waals surface area contributed by atoms with Crippen LogP contribution in [-0.4, -0.2) is 10.2 Å². The van der Waals surface area contributed by atoms with Crippen LogP contribution in [0.5, 0.6) is 11.5 Å². The van der Waals surface area contributed by atoms with Crippen LogP contribution in [-0.2, 0) is 12.8 Å². The maximum absolute atomic E-state index is 10.2. The second-order valence-corrected chi connectivity index (χ2v) is 4.96. The third-order valence-electron chi connectivity index (χ3n) is 3.45. The van der Waals surface area contributed by atoms with Crippen molar-refractivity contribution in [2.24, 2.45) is 0 Å². The maximum atomic E-state index is 10.2. The zero-order chi connectivity index (χ0) is 14.0. The number of benzene rings is 2. The standard InChI is InChI=1S/C17H19O2/c1-4-14-6-5-7-15(17(14)19)10-13-8-11(2)16(18)12(3)9-13/h6-9,18-19H,4,10H2,1-3H3. The number of phenols is 2. The zero-order valence-corrected chi connectivity index (χ0v) is 11.6. The van der Waals surface area contributed by atoms with Gasteiger partial charge in [0.15, 0.2) is 0 Å². The molecule has 2 rings (SSSR count). The van der Waals surface area contributed by atoms with Crippen LogP contribution < -0.4 is 0 Å². The molecule has 0 fully saturated rings. The highest BCUT2D eigenvalue weighted by Gasteiger charge is 2.09. The lowest BCUT2D eigenvalue weighted by Crippen LogP contribution is -1.94. The van der Waals surface area contributed by atoms with Crippen molar-refractivity contribution in [1.82, 2.24) is 0 Å².